The van der Waals surface area contributed by atoms with Gasteiger partial charge >= 0.3 is 0 Å². The Morgan fingerprint density at radius 1 is 1.11 bits per heavy atom. The summed E-state index contributed by atoms with van der Waals surface area (Å²) in [6.07, 6.45) is 0.833. The maximum atomic E-state index is 6.25. The van der Waals surface area contributed by atoms with Crippen LogP contribution in [0.4, 0.5) is 0 Å². The number of nitrogens with zero attached hydrogens (tertiary/aromatic N) is 3. The lowest BCUT2D eigenvalue weighted by molar-refractivity contribution is 0.0795. The first kappa shape index (κ1) is 19.2. The van der Waals surface area contributed by atoms with E-state index in [0.29, 0.717) is 6.61 Å². The molecular formula is C21H27N3O3. The Bertz CT molecular complexity index is 949. The molecule has 6 heteroatoms. The Labute approximate surface area is 160 Å². The number of ether oxygens (including phenoxy) is 3. The summed E-state index contributed by atoms with van der Waals surface area (Å²) in [6.45, 7) is 6.63. The minimum Gasteiger partial charge on any atom is -0.496 e. The molecule has 3 aromatic rings. The molecule has 2 aromatic heterocycles. The molecule has 0 amide bonds. The summed E-state index contributed by atoms with van der Waals surface area (Å²) >= 11 is 0. The van der Waals surface area contributed by atoms with Crippen LogP contribution < -0.4 is 9.47 Å². The Morgan fingerprint density at radius 2 is 1.89 bits per heavy atom. The number of methoxy groups -OCH3 is 2. The highest BCUT2D eigenvalue weighted by molar-refractivity contribution is 5.95. The van der Waals surface area contributed by atoms with Crippen LogP contribution in [-0.2, 0) is 11.8 Å². The highest BCUT2D eigenvalue weighted by atomic mass is 16.5. The number of pyridine rings is 1. The van der Waals surface area contributed by atoms with Crippen LogP contribution in [0.3, 0.4) is 0 Å². The fourth-order valence-corrected chi connectivity index (χ4v) is 3.23. The Morgan fingerprint density at radius 3 is 2.56 bits per heavy atom. The molecule has 3 rings (SSSR count). The summed E-state index contributed by atoms with van der Waals surface area (Å²) in [5.74, 6) is 1.56. The van der Waals surface area contributed by atoms with Crippen LogP contribution in [0.15, 0.2) is 24.3 Å². The lowest BCUT2D eigenvalue weighted by atomic mass is 10.1. The zero-order chi connectivity index (χ0) is 19.6. The molecule has 1 aromatic carbocycles. The average molecular weight is 369 g/mol. The second kappa shape index (κ2) is 7.96. The normalized spacial score (nSPS) is 12.4. The summed E-state index contributed by atoms with van der Waals surface area (Å²) in [4.78, 5) is 4.76. The van der Waals surface area contributed by atoms with E-state index < -0.39 is 0 Å². The fraction of sp³-hybridized carbons (Fsp3) is 0.429. The highest BCUT2D eigenvalue weighted by Gasteiger charge is 2.21. The Hall–Kier alpha value is -2.60. The summed E-state index contributed by atoms with van der Waals surface area (Å²) in [6, 6.07) is 8.05. The maximum absolute atomic E-state index is 6.25. The smallest absolute Gasteiger partial charge is 0.149 e. The number of aromatic nitrogens is 3. The Kier molecular flexibility index (Phi) is 5.65. The minimum atomic E-state index is -0.0211. The standard InChI is InChI=1S/C21H27N3O3/c1-7-15(12-25-5)27-18-11-14(3)22-20-19(23-24(4)21(18)20)16-9-8-13(2)10-17(16)26-6/h8-11,15H,7,12H2,1-6H3. The van der Waals surface area contributed by atoms with Gasteiger partial charge in [0.1, 0.15) is 34.3 Å². The van der Waals surface area contributed by atoms with E-state index in [9.17, 15) is 0 Å². The van der Waals surface area contributed by atoms with Gasteiger partial charge in [-0.2, -0.15) is 5.10 Å². The van der Waals surface area contributed by atoms with E-state index in [2.05, 4.69) is 13.0 Å². The molecular weight excluding hydrogens is 342 g/mol. The van der Waals surface area contributed by atoms with Crippen molar-refractivity contribution in [2.24, 2.45) is 7.05 Å². The Balaban J connectivity index is 2.18. The molecule has 0 fully saturated rings. The third-order valence-electron chi connectivity index (χ3n) is 4.60. The van der Waals surface area contributed by atoms with Gasteiger partial charge in [-0.3, -0.25) is 4.68 Å². The molecule has 0 bridgehead atoms. The van der Waals surface area contributed by atoms with Gasteiger partial charge in [0, 0.05) is 31.5 Å². The molecule has 27 heavy (non-hydrogen) atoms. The van der Waals surface area contributed by atoms with Gasteiger partial charge in [-0.25, -0.2) is 4.98 Å². The largest absolute Gasteiger partial charge is 0.496 e. The predicted molar refractivity (Wildman–Crippen MR) is 107 cm³/mol. The van der Waals surface area contributed by atoms with Crippen LogP contribution in [0, 0.1) is 13.8 Å². The summed E-state index contributed by atoms with van der Waals surface area (Å²) < 4.78 is 18.9. The SMILES string of the molecule is CCC(COC)Oc1cc(C)nc2c(-c3ccc(C)cc3OC)nn(C)c12. The zero-order valence-corrected chi connectivity index (χ0v) is 16.9. The van der Waals surface area contributed by atoms with Crippen LogP contribution in [0.1, 0.15) is 24.6 Å². The molecule has 1 unspecified atom stereocenters. The van der Waals surface area contributed by atoms with Crippen LogP contribution in [-0.4, -0.2) is 41.7 Å². The van der Waals surface area contributed by atoms with E-state index in [1.807, 2.05) is 43.8 Å². The lowest BCUT2D eigenvalue weighted by Gasteiger charge is -2.18. The number of benzene rings is 1. The van der Waals surface area contributed by atoms with Gasteiger partial charge in [0.15, 0.2) is 0 Å². The van der Waals surface area contributed by atoms with E-state index in [4.69, 9.17) is 24.3 Å². The van der Waals surface area contributed by atoms with Crippen LogP contribution in [0.2, 0.25) is 0 Å². The average Bonchev–Trinajstić information content (AvgIpc) is 2.97. The second-order valence-electron chi connectivity index (χ2n) is 6.74. The van der Waals surface area contributed by atoms with Crippen molar-refractivity contribution in [2.45, 2.75) is 33.3 Å². The van der Waals surface area contributed by atoms with Crippen LogP contribution in [0.25, 0.3) is 22.3 Å². The van der Waals surface area contributed by atoms with Gasteiger partial charge in [-0.05, 0) is 38.0 Å². The van der Waals surface area contributed by atoms with Crippen molar-refractivity contribution in [3.63, 3.8) is 0 Å². The van der Waals surface area contributed by atoms with Crippen molar-refractivity contribution in [1.29, 1.82) is 0 Å². The van der Waals surface area contributed by atoms with Crippen molar-refractivity contribution < 1.29 is 14.2 Å². The van der Waals surface area contributed by atoms with E-state index in [-0.39, 0.29) is 6.10 Å². The van der Waals surface area contributed by atoms with Gasteiger partial charge in [0.05, 0.1) is 13.7 Å². The molecule has 6 nitrogen and oxygen atoms in total. The van der Waals surface area contributed by atoms with E-state index in [0.717, 1.165) is 51.5 Å². The molecule has 144 valence electrons. The van der Waals surface area contributed by atoms with Gasteiger partial charge in [-0.15, -0.1) is 0 Å². The first-order chi connectivity index (χ1) is 13.0. The monoisotopic (exact) mass is 369 g/mol. The molecule has 1 atom stereocenters. The number of aryl methyl sites for hydroxylation is 3. The maximum Gasteiger partial charge on any atom is 0.149 e. The first-order valence-electron chi connectivity index (χ1n) is 9.13. The zero-order valence-electron chi connectivity index (χ0n) is 16.9. The number of hydrogen-bond donors (Lipinski definition) is 0. The van der Waals surface area contributed by atoms with Gasteiger partial charge in [-0.1, -0.05) is 13.0 Å². The summed E-state index contributed by atoms with van der Waals surface area (Å²) in [5.41, 5.74) is 5.40. The molecule has 2 heterocycles. The van der Waals surface area contributed by atoms with Gasteiger partial charge < -0.3 is 14.2 Å². The summed E-state index contributed by atoms with van der Waals surface area (Å²) in [7, 11) is 5.27. The number of rotatable bonds is 7. The third kappa shape index (κ3) is 3.76. The van der Waals surface area contributed by atoms with Gasteiger partial charge in [0.2, 0.25) is 0 Å². The number of hydrogen-bond acceptors (Lipinski definition) is 5. The first-order valence-corrected chi connectivity index (χ1v) is 9.13. The van der Waals surface area contributed by atoms with Crippen molar-refractivity contribution in [1.82, 2.24) is 14.8 Å². The minimum absolute atomic E-state index is 0.0211. The topological polar surface area (TPSA) is 58.4 Å². The van der Waals surface area contributed by atoms with Crippen molar-refractivity contribution in [2.75, 3.05) is 20.8 Å². The van der Waals surface area contributed by atoms with Gasteiger partial charge in [0.25, 0.3) is 0 Å². The second-order valence-corrected chi connectivity index (χ2v) is 6.74. The quantitative estimate of drug-likeness (QED) is 0.628. The molecule has 0 N–H and O–H groups in total. The van der Waals surface area contributed by atoms with Crippen LogP contribution in [0.5, 0.6) is 11.5 Å². The fourth-order valence-electron chi connectivity index (χ4n) is 3.23. The molecule has 0 saturated heterocycles. The molecule has 0 aliphatic rings. The molecule has 0 radical (unpaired) electrons. The molecule has 0 aliphatic carbocycles. The predicted octanol–water partition coefficient (Wildman–Crippen LogP) is 4.06. The third-order valence-corrected chi connectivity index (χ3v) is 4.60. The van der Waals surface area contributed by atoms with E-state index in [1.165, 1.54) is 0 Å². The lowest BCUT2D eigenvalue weighted by Crippen LogP contribution is -2.21. The van der Waals surface area contributed by atoms with Crippen molar-refractivity contribution >= 4 is 11.0 Å². The molecule has 0 saturated carbocycles. The molecule has 0 spiro atoms. The van der Waals surface area contributed by atoms with Crippen molar-refractivity contribution in [3.05, 3.63) is 35.5 Å². The highest BCUT2D eigenvalue weighted by Crippen LogP contribution is 2.37. The van der Waals surface area contributed by atoms with E-state index in [1.54, 1.807) is 14.2 Å². The molecule has 0 aliphatic heterocycles. The van der Waals surface area contributed by atoms with Crippen LogP contribution >= 0.6 is 0 Å². The number of fused-ring (bicyclic) bond motifs is 1. The van der Waals surface area contributed by atoms with E-state index >= 15 is 0 Å². The summed E-state index contributed by atoms with van der Waals surface area (Å²) in [5, 5.41) is 4.74. The van der Waals surface area contributed by atoms with Crippen molar-refractivity contribution in [3.8, 4) is 22.8 Å².